The van der Waals surface area contributed by atoms with Crippen molar-refractivity contribution >= 4 is 34.8 Å². The Bertz CT molecular complexity index is 828. The molecule has 0 radical (unpaired) electrons. The molecule has 0 unspecified atom stereocenters. The molecular formula is C20H19Cl2N. The van der Waals surface area contributed by atoms with Crippen molar-refractivity contribution in [2.24, 2.45) is 5.73 Å². The van der Waals surface area contributed by atoms with Crippen molar-refractivity contribution in [1.29, 1.82) is 0 Å². The topological polar surface area (TPSA) is 26.0 Å². The highest BCUT2D eigenvalue weighted by Crippen LogP contribution is 2.51. The Morgan fingerprint density at radius 2 is 1.65 bits per heavy atom. The molecule has 2 N–H and O–H groups in total. The van der Waals surface area contributed by atoms with Gasteiger partial charge in [0.15, 0.2) is 0 Å². The average Bonchev–Trinajstić information content (AvgIpc) is 3.19. The summed E-state index contributed by atoms with van der Waals surface area (Å²) in [5, 5.41) is 3.34. The molecule has 1 aliphatic rings. The Labute approximate surface area is 147 Å². The Morgan fingerprint density at radius 3 is 2.39 bits per heavy atom. The zero-order valence-electron chi connectivity index (χ0n) is 12.7. The minimum Gasteiger partial charge on any atom is -0.324 e. The summed E-state index contributed by atoms with van der Waals surface area (Å²) in [5.74, 6) is 0.441. The highest BCUT2D eigenvalue weighted by atomic mass is 35.5. The summed E-state index contributed by atoms with van der Waals surface area (Å²) in [7, 11) is 0. The van der Waals surface area contributed by atoms with Crippen LogP contribution in [0.5, 0.6) is 0 Å². The molecule has 1 aliphatic carbocycles. The summed E-state index contributed by atoms with van der Waals surface area (Å²) >= 11 is 5.96. The minimum atomic E-state index is -0.115. The fourth-order valence-corrected chi connectivity index (χ4v) is 3.52. The molecule has 0 spiro atoms. The van der Waals surface area contributed by atoms with Crippen molar-refractivity contribution in [1.82, 2.24) is 0 Å². The van der Waals surface area contributed by atoms with Crippen molar-refractivity contribution < 1.29 is 0 Å². The zero-order chi connectivity index (χ0) is 15.2. The monoisotopic (exact) mass is 343 g/mol. The lowest BCUT2D eigenvalue weighted by atomic mass is 9.97. The molecule has 1 saturated carbocycles. The van der Waals surface area contributed by atoms with Crippen molar-refractivity contribution in [3.8, 4) is 0 Å². The minimum absolute atomic E-state index is 0. The van der Waals surface area contributed by atoms with Gasteiger partial charge in [-0.15, -0.1) is 12.4 Å². The van der Waals surface area contributed by atoms with Gasteiger partial charge in [-0.25, -0.2) is 0 Å². The van der Waals surface area contributed by atoms with E-state index in [9.17, 15) is 0 Å². The normalized spacial score (nSPS) is 22.6. The van der Waals surface area contributed by atoms with E-state index >= 15 is 0 Å². The second kappa shape index (κ2) is 6.16. The molecule has 0 amide bonds. The third-order valence-corrected chi connectivity index (χ3v) is 4.99. The van der Waals surface area contributed by atoms with Crippen LogP contribution in [0.3, 0.4) is 0 Å². The first-order valence-electron chi connectivity index (χ1n) is 7.66. The van der Waals surface area contributed by atoms with E-state index in [0.29, 0.717) is 5.92 Å². The van der Waals surface area contributed by atoms with Crippen molar-refractivity contribution in [3.63, 3.8) is 0 Å². The average molecular weight is 344 g/mol. The van der Waals surface area contributed by atoms with Crippen LogP contribution in [-0.4, -0.2) is 5.54 Å². The van der Waals surface area contributed by atoms with Gasteiger partial charge in [-0.05, 0) is 46.9 Å². The molecule has 0 aliphatic heterocycles. The maximum atomic E-state index is 6.60. The number of halogens is 2. The second-order valence-electron chi connectivity index (χ2n) is 6.40. The van der Waals surface area contributed by atoms with Crippen LogP contribution < -0.4 is 5.73 Å². The molecule has 3 aromatic rings. The summed E-state index contributed by atoms with van der Waals surface area (Å²) in [5.41, 5.74) is 9.11. The quantitative estimate of drug-likeness (QED) is 0.682. The summed E-state index contributed by atoms with van der Waals surface area (Å²) < 4.78 is 0. The largest absolute Gasteiger partial charge is 0.324 e. The van der Waals surface area contributed by atoms with Gasteiger partial charge in [0.25, 0.3) is 0 Å². The van der Waals surface area contributed by atoms with Crippen LogP contribution >= 0.6 is 24.0 Å². The first-order valence-corrected chi connectivity index (χ1v) is 8.04. The number of rotatable bonds is 3. The maximum Gasteiger partial charge on any atom is 0.0406 e. The van der Waals surface area contributed by atoms with Crippen molar-refractivity contribution in [3.05, 3.63) is 82.9 Å². The molecule has 4 rings (SSSR count). The van der Waals surface area contributed by atoms with E-state index < -0.39 is 0 Å². The van der Waals surface area contributed by atoms with Gasteiger partial charge >= 0.3 is 0 Å². The number of hydrogen-bond donors (Lipinski definition) is 1. The van der Waals surface area contributed by atoms with Gasteiger partial charge in [-0.1, -0.05) is 66.2 Å². The summed E-state index contributed by atoms with van der Waals surface area (Å²) in [6, 6.07) is 23.2. The molecule has 0 aromatic heterocycles. The van der Waals surface area contributed by atoms with Gasteiger partial charge in [0.2, 0.25) is 0 Å². The lowest BCUT2D eigenvalue weighted by Gasteiger charge is -2.13. The number of hydrogen-bond acceptors (Lipinski definition) is 1. The molecule has 23 heavy (non-hydrogen) atoms. The maximum absolute atomic E-state index is 6.60. The highest BCUT2D eigenvalue weighted by molar-refractivity contribution is 6.30. The Balaban J connectivity index is 0.00000156. The van der Waals surface area contributed by atoms with Gasteiger partial charge in [-0.3, -0.25) is 0 Å². The molecule has 3 heteroatoms. The van der Waals surface area contributed by atoms with E-state index in [1.54, 1.807) is 0 Å². The molecule has 0 bridgehead atoms. The first-order chi connectivity index (χ1) is 10.6. The van der Waals surface area contributed by atoms with E-state index in [2.05, 4.69) is 54.6 Å². The fourth-order valence-electron chi connectivity index (χ4n) is 3.39. The Morgan fingerprint density at radius 1 is 0.957 bits per heavy atom. The molecular weight excluding hydrogens is 325 g/mol. The van der Waals surface area contributed by atoms with Gasteiger partial charge in [-0.2, -0.15) is 0 Å². The Hall–Kier alpha value is -1.54. The van der Waals surface area contributed by atoms with Crippen LogP contribution in [0.15, 0.2) is 66.7 Å². The molecule has 2 atom stereocenters. The SMILES string of the molecule is Cl.N[C@]1(Cc2ccc3ccccc3c2)C[C@@H]1c1ccc(Cl)cc1. The van der Waals surface area contributed by atoms with Gasteiger partial charge in [0.05, 0.1) is 0 Å². The number of fused-ring (bicyclic) bond motifs is 1. The van der Waals surface area contributed by atoms with Crippen LogP contribution in [0.2, 0.25) is 5.02 Å². The van der Waals surface area contributed by atoms with Crippen LogP contribution in [-0.2, 0) is 6.42 Å². The van der Waals surface area contributed by atoms with E-state index in [1.807, 2.05) is 12.1 Å². The highest BCUT2D eigenvalue weighted by Gasteiger charge is 2.51. The van der Waals surface area contributed by atoms with Crippen LogP contribution in [0.1, 0.15) is 23.5 Å². The third-order valence-electron chi connectivity index (χ3n) is 4.74. The molecule has 3 aromatic carbocycles. The van der Waals surface area contributed by atoms with Gasteiger partial charge in [0, 0.05) is 16.5 Å². The second-order valence-corrected chi connectivity index (χ2v) is 6.84. The fraction of sp³-hybridized carbons (Fsp3) is 0.200. The molecule has 0 heterocycles. The van der Waals surface area contributed by atoms with E-state index in [4.69, 9.17) is 17.3 Å². The van der Waals surface area contributed by atoms with E-state index in [1.165, 1.54) is 21.9 Å². The molecule has 0 saturated heterocycles. The van der Waals surface area contributed by atoms with Crippen LogP contribution in [0, 0.1) is 0 Å². The zero-order valence-corrected chi connectivity index (χ0v) is 14.3. The third kappa shape index (κ3) is 3.23. The first kappa shape index (κ1) is 16.3. The van der Waals surface area contributed by atoms with Gasteiger partial charge in [0.1, 0.15) is 0 Å². The summed E-state index contributed by atoms with van der Waals surface area (Å²) in [4.78, 5) is 0. The van der Waals surface area contributed by atoms with Crippen LogP contribution in [0.4, 0.5) is 0 Å². The summed E-state index contributed by atoms with van der Waals surface area (Å²) in [6.07, 6.45) is 1.96. The predicted octanol–water partition coefficient (Wildman–Crippen LogP) is 5.34. The van der Waals surface area contributed by atoms with Crippen molar-refractivity contribution in [2.45, 2.75) is 24.3 Å². The lowest BCUT2D eigenvalue weighted by Crippen LogP contribution is -2.27. The number of nitrogens with two attached hydrogens (primary N) is 1. The van der Waals surface area contributed by atoms with Crippen LogP contribution in [0.25, 0.3) is 10.8 Å². The molecule has 118 valence electrons. The van der Waals surface area contributed by atoms with E-state index in [-0.39, 0.29) is 17.9 Å². The predicted molar refractivity (Wildman–Crippen MR) is 101 cm³/mol. The molecule has 1 nitrogen and oxygen atoms in total. The molecule has 1 fully saturated rings. The summed E-state index contributed by atoms with van der Waals surface area (Å²) in [6.45, 7) is 0. The smallest absolute Gasteiger partial charge is 0.0406 e. The lowest BCUT2D eigenvalue weighted by molar-refractivity contribution is 0.646. The Kier molecular flexibility index (Phi) is 4.37. The standard InChI is InChI=1S/C20H18ClN.ClH/c21-18-9-7-16(8-10-18)19-13-20(19,22)12-14-5-6-15-3-1-2-4-17(15)11-14;/h1-11,19H,12-13,22H2;1H/t19-,20-;/m1./s1. The van der Waals surface area contributed by atoms with Gasteiger partial charge < -0.3 is 5.73 Å². The number of benzene rings is 3. The van der Waals surface area contributed by atoms with E-state index in [0.717, 1.165) is 17.9 Å². The van der Waals surface area contributed by atoms with Crippen molar-refractivity contribution in [2.75, 3.05) is 0 Å².